The van der Waals surface area contributed by atoms with Crippen LogP contribution in [0, 0.1) is 0 Å². The quantitative estimate of drug-likeness (QED) is 0.626. The Bertz CT molecular complexity index is 852. The van der Waals surface area contributed by atoms with Crippen molar-refractivity contribution in [1.82, 2.24) is 5.32 Å². The van der Waals surface area contributed by atoms with Crippen molar-refractivity contribution in [3.8, 4) is 5.75 Å². The zero-order chi connectivity index (χ0) is 19.3. The molecular weight excluding hydrogens is 386 g/mol. The van der Waals surface area contributed by atoms with Gasteiger partial charge in [0.25, 0.3) is 0 Å². The summed E-state index contributed by atoms with van der Waals surface area (Å²) in [4.78, 5) is 13.1. The summed E-state index contributed by atoms with van der Waals surface area (Å²) < 4.78 is 5.56. The SMILES string of the molecule is COc1cccc2c1CCCC2CCNCCc1ccc2c(c1)SCSC2=O. The number of rotatable bonds is 7. The van der Waals surface area contributed by atoms with E-state index in [1.54, 1.807) is 18.9 Å². The van der Waals surface area contributed by atoms with Gasteiger partial charge in [-0.1, -0.05) is 30.0 Å². The van der Waals surface area contributed by atoms with Crippen molar-refractivity contribution in [2.24, 2.45) is 0 Å². The minimum atomic E-state index is 0.211. The lowest BCUT2D eigenvalue weighted by Gasteiger charge is -2.27. The average molecular weight is 414 g/mol. The molecule has 2 aromatic carbocycles. The van der Waals surface area contributed by atoms with Gasteiger partial charge in [0, 0.05) is 10.5 Å². The molecule has 2 aliphatic rings. The highest BCUT2D eigenvalue weighted by molar-refractivity contribution is 8.25. The Kier molecular flexibility index (Phi) is 6.65. The number of hydrogen-bond donors (Lipinski definition) is 1. The van der Waals surface area contributed by atoms with Crippen LogP contribution in [0.5, 0.6) is 5.75 Å². The lowest BCUT2D eigenvalue weighted by Crippen LogP contribution is -2.22. The number of nitrogens with one attached hydrogen (secondary N) is 1. The highest BCUT2D eigenvalue weighted by Gasteiger charge is 2.22. The first kappa shape index (κ1) is 19.9. The van der Waals surface area contributed by atoms with Crippen molar-refractivity contribution in [2.75, 3.05) is 25.3 Å². The first-order valence-electron chi connectivity index (χ1n) is 10.1. The molecule has 0 aromatic heterocycles. The van der Waals surface area contributed by atoms with Crippen molar-refractivity contribution in [2.45, 2.75) is 42.9 Å². The molecule has 4 rings (SSSR count). The van der Waals surface area contributed by atoms with Gasteiger partial charge in [-0.3, -0.25) is 4.79 Å². The normalized spacial score (nSPS) is 18.5. The Morgan fingerprint density at radius 1 is 1.18 bits per heavy atom. The van der Waals surface area contributed by atoms with Gasteiger partial charge in [0.2, 0.25) is 5.12 Å². The van der Waals surface area contributed by atoms with Gasteiger partial charge < -0.3 is 10.1 Å². The number of benzene rings is 2. The third-order valence-corrected chi connectivity index (χ3v) is 7.81. The summed E-state index contributed by atoms with van der Waals surface area (Å²) in [6.45, 7) is 2.01. The van der Waals surface area contributed by atoms with Crippen LogP contribution in [0.1, 0.15) is 52.2 Å². The number of carbonyl (C=O) groups excluding carboxylic acids is 1. The third-order valence-electron chi connectivity index (χ3n) is 5.74. The maximum absolute atomic E-state index is 11.9. The summed E-state index contributed by atoms with van der Waals surface area (Å²) in [6, 6.07) is 12.8. The van der Waals surface area contributed by atoms with Crippen LogP contribution in [0.15, 0.2) is 41.3 Å². The molecule has 0 fully saturated rings. The van der Waals surface area contributed by atoms with E-state index in [9.17, 15) is 4.79 Å². The summed E-state index contributed by atoms with van der Waals surface area (Å²) in [6.07, 6.45) is 5.84. The smallest absolute Gasteiger partial charge is 0.221 e. The Labute approximate surface area is 176 Å². The van der Waals surface area contributed by atoms with E-state index in [2.05, 4.69) is 35.6 Å². The second-order valence-corrected chi connectivity index (χ2v) is 9.76. The van der Waals surface area contributed by atoms with Gasteiger partial charge in [0.15, 0.2) is 0 Å². The van der Waals surface area contributed by atoms with E-state index in [1.165, 1.54) is 47.7 Å². The molecule has 0 spiro atoms. The van der Waals surface area contributed by atoms with Gasteiger partial charge in [-0.05, 0) is 86.0 Å². The molecule has 0 saturated carbocycles. The molecular formula is C23H27NO2S2. The Morgan fingerprint density at radius 3 is 3.00 bits per heavy atom. The van der Waals surface area contributed by atoms with E-state index in [1.807, 2.05) is 6.07 Å². The number of carbonyl (C=O) groups is 1. The third kappa shape index (κ3) is 4.42. The summed E-state index contributed by atoms with van der Waals surface area (Å²) in [5, 5.41) is 4.67. The van der Waals surface area contributed by atoms with Crippen molar-refractivity contribution in [1.29, 1.82) is 0 Å². The van der Waals surface area contributed by atoms with Crippen LogP contribution in [0.2, 0.25) is 0 Å². The van der Waals surface area contributed by atoms with Crippen LogP contribution >= 0.6 is 23.5 Å². The lowest BCUT2D eigenvalue weighted by atomic mass is 9.80. The fraction of sp³-hybridized carbons (Fsp3) is 0.435. The van der Waals surface area contributed by atoms with Gasteiger partial charge in [0.1, 0.15) is 5.75 Å². The molecule has 1 aliphatic heterocycles. The van der Waals surface area contributed by atoms with E-state index >= 15 is 0 Å². The standard InChI is InChI=1S/C23H27NO2S2/c1-26-21-7-3-5-18-17(4-2-6-19(18)21)11-13-24-12-10-16-8-9-20-22(14-16)27-15-28-23(20)25/h3,5,7-9,14,17,24H,2,4,6,10-13,15H2,1H3. The number of hydrogen-bond acceptors (Lipinski definition) is 5. The first-order chi connectivity index (χ1) is 13.8. The number of ether oxygens (including phenoxy) is 1. The van der Waals surface area contributed by atoms with Crippen LogP contribution in [0.3, 0.4) is 0 Å². The molecule has 0 amide bonds. The number of fused-ring (bicyclic) bond motifs is 2. The predicted molar refractivity (Wildman–Crippen MR) is 119 cm³/mol. The van der Waals surface area contributed by atoms with Crippen LogP contribution in [0.25, 0.3) is 0 Å². The van der Waals surface area contributed by atoms with Crippen LogP contribution in [0.4, 0.5) is 0 Å². The van der Waals surface area contributed by atoms with E-state index < -0.39 is 0 Å². The molecule has 0 bridgehead atoms. The largest absolute Gasteiger partial charge is 0.496 e. The molecule has 0 radical (unpaired) electrons. The molecule has 1 aliphatic carbocycles. The van der Waals surface area contributed by atoms with Crippen LogP contribution in [-0.2, 0) is 12.8 Å². The second-order valence-electron chi connectivity index (χ2n) is 7.43. The zero-order valence-electron chi connectivity index (χ0n) is 16.3. The number of methoxy groups -OCH3 is 1. The molecule has 1 N–H and O–H groups in total. The lowest BCUT2D eigenvalue weighted by molar-refractivity contribution is 0.108. The Balaban J connectivity index is 1.27. The molecule has 2 aromatic rings. The summed E-state index contributed by atoms with van der Waals surface area (Å²) in [5.74, 6) is 1.69. The summed E-state index contributed by atoms with van der Waals surface area (Å²) in [5.41, 5.74) is 5.10. The van der Waals surface area contributed by atoms with Gasteiger partial charge in [-0.15, -0.1) is 11.8 Å². The number of thioether (sulfide) groups is 2. The topological polar surface area (TPSA) is 38.3 Å². The van der Waals surface area contributed by atoms with Gasteiger partial charge in [-0.2, -0.15) is 0 Å². The van der Waals surface area contributed by atoms with Crippen molar-refractivity contribution in [3.63, 3.8) is 0 Å². The maximum Gasteiger partial charge on any atom is 0.221 e. The minimum Gasteiger partial charge on any atom is -0.496 e. The molecule has 28 heavy (non-hydrogen) atoms. The predicted octanol–water partition coefficient (Wildman–Crippen LogP) is 5.27. The van der Waals surface area contributed by atoms with Crippen LogP contribution in [-0.4, -0.2) is 30.4 Å². The van der Waals surface area contributed by atoms with E-state index in [-0.39, 0.29) is 5.12 Å². The van der Waals surface area contributed by atoms with Crippen molar-refractivity contribution in [3.05, 3.63) is 58.7 Å². The highest BCUT2D eigenvalue weighted by Crippen LogP contribution is 2.38. The van der Waals surface area contributed by atoms with Crippen molar-refractivity contribution >= 4 is 28.6 Å². The maximum atomic E-state index is 11.9. The molecule has 1 unspecified atom stereocenters. The first-order valence-corrected chi connectivity index (χ1v) is 12.0. The summed E-state index contributed by atoms with van der Waals surface area (Å²) in [7, 11) is 1.77. The van der Waals surface area contributed by atoms with Crippen molar-refractivity contribution < 1.29 is 9.53 Å². The second kappa shape index (κ2) is 9.38. The van der Waals surface area contributed by atoms with E-state index in [0.29, 0.717) is 5.92 Å². The van der Waals surface area contributed by atoms with E-state index in [4.69, 9.17) is 4.74 Å². The van der Waals surface area contributed by atoms with Crippen LogP contribution < -0.4 is 10.1 Å². The monoisotopic (exact) mass is 413 g/mol. The zero-order valence-corrected chi connectivity index (χ0v) is 18.0. The molecule has 1 heterocycles. The fourth-order valence-electron chi connectivity index (χ4n) is 4.27. The highest BCUT2D eigenvalue weighted by atomic mass is 32.2. The molecule has 0 saturated heterocycles. The molecule has 1 atom stereocenters. The average Bonchev–Trinajstić information content (AvgIpc) is 2.73. The summed E-state index contributed by atoms with van der Waals surface area (Å²) >= 11 is 3.18. The molecule has 148 valence electrons. The van der Waals surface area contributed by atoms with Gasteiger partial charge >= 0.3 is 0 Å². The fourth-order valence-corrected chi connectivity index (χ4v) is 6.39. The molecule has 3 nitrogen and oxygen atoms in total. The Morgan fingerprint density at radius 2 is 2.11 bits per heavy atom. The van der Waals surface area contributed by atoms with Gasteiger partial charge in [-0.25, -0.2) is 0 Å². The van der Waals surface area contributed by atoms with E-state index in [0.717, 1.165) is 47.2 Å². The Hall–Kier alpha value is -1.43. The van der Waals surface area contributed by atoms with Gasteiger partial charge in [0.05, 0.1) is 12.2 Å². The minimum absolute atomic E-state index is 0.211. The molecule has 5 heteroatoms.